The molecule has 0 N–H and O–H groups in total. The van der Waals surface area contributed by atoms with Crippen molar-refractivity contribution in [2.75, 3.05) is 6.26 Å². The van der Waals surface area contributed by atoms with Crippen LogP contribution >= 0.6 is 0 Å². The fraction of sp³-hybridized carbons (Fsp3) is 0.500. The molecule has 6 heteroatoms. The largest absolute Gasteiger partial charge is 0.612 e. The van der Waals surface area contributed by atoms with Crippen molar-refractivity contribution in [3.05, 3.63) is 23.8 Å². The van der Waals surface area contributed by atoms with Gasteiger partial charge in [-0.1, -0.05) is 6.07 Å². The predicted octanol–water partition coefficient (Wildman–Crippen LogP) is 1.59. The monoisotopic (exact) mass is 291 g/mol. The van der Waals surface area contributed by atoms with Crippen LogP contribution in [0.25, 0.3) is 0 Å². The molecule has 106 valence electrons. The molecule has 0 spiro atoms. The Morgan fingerprint density at radius 1 is 1.20 bits per heavy atom. The third-order valence-electron chi connectivity index (χ3n) is 3.96. The lowest BCUT2D eigenvalue weighted by Gasteiger charge is -2.32. The van der Waals surface area contributed by atoms with Crippen LogP contribution in [-0.4, -0.2) is 29.1 Å². The van der Waals surface area contributed by atoms with E-state index in [-0.39, 0.29) is 0 Å². The summed E-state index contributed by atoms with van der Waals surface area (Å²) in [5.41, 5.74) is 0.334. The molecule has 1 heterocycles. The number of nitrogens with zero attached hydrogens (tertiary/aromatic N) is 1. The summed E-state index contributed by atoms with van der Waals surface area (Å²) in [6.45, 7) is 7.92. The minimum absolute atomic E-state index is 0.401. The van der Waals surface area contributed by atoms with E-state index in [1.54, 1.807) is 24.5 Å². The Kier molecular flexibility index (Phi) is 3.91. The third kappa shape index (κ3) is 2.59. The van der Waals surface area contributed by atoms with Gasteiger partial charge in [-0.05, 0) is 56.5 Å². The van der Waals surface area contributed by atoms with Crippen molar-refractivity contribution >= 4 is 23.8 Å². The van der Waals surface area contributed by atoms with Crippen molar-refractivity contribution in [1.82, 2.24) is 0 Å². The van der Waals surface area contributed by atoms with E-state index in [4.69, 9.17) is 9.31 Å². The molecule has 0 aliphatic carbocycles. The summed E-state index contributed by atoms with van der Waals surface area (Å²) in [5.74, 6) is 0. The SMILES string of the molecule is C[S+]([O-])c1ccc(B2OC(C)(C)C(C)(C)O2)cc1C#N. The molecule has 1 fully saturated rings. The molecule has 1 saturated heterocycles. The van der Waals surface area contributed by atoms with Crippen LogP contribution in [0.2, 0.25) is 0 Å². The van der Waals surface area contributed by atoms with E-state index in [9.17, 15) is 9.81 Å². The lowest BCUT2D eigenvalue weighted by molar-refractivity contribution is 0.00578. The van der Waals surface area contributed by atoms with Crippen LogP contribution in [0.3, 0.4) is 0 Å². The molecule has 0 bridgehead atoms. The molecule has 2 rings (SSSR count). The molecular weight excluding hydrogens is 273 g/mol. The fourth-order valence-corrected chi connectivity index (χ4v) is 2.69. The lowest BCUT2D eigenvalue weighted by atomic mass is 9.78. The first-order chi connectivity index (χ1) is 9.18. The molecule has 0 saturated carbocycles. The highest BCUT2D eigenvalue weighted by molar-refractivity contribution is 7.90. The molecule has 0 aromatic heterocycles. The smallest absolute Gasteiger partial charge is 0.494 e. The van der Waals surface area contributed by atoms with Gasteiger partial charge in [0.15, 0.2) is 4.90 Å². The van der Waals surface area contributed by atoms with Crippen LogP contribution in [0.5, 0.6) is 0 Å². The normalized spacial score (nSPS) is 21.6. The third-order valence-corrected chi connectivity index (χ3v) is 4.93. The Morgan fingerprint density at radius 3 is 2.20 bits per heavy atom. The minimum Gasteiger partial charge on any atom is -0.612 e. The molecule has 1 atom stereocenters. The van der Waals surface area contributed by atoms with Crippen molar-refractivity contribution in [3.8, 4) is 6.07 Å². The second kappa shape index (κ2) is 5.08. The number of hydrogen-bond donors (Lipinski definition) is 0. The molecule has 1 aliphatic heterocycles. The molecule has 1 aliphatic rings. The Bertz CT molecular complexity index is 550. The first-order valence-electron chi connectivity index (χ1n) is 6.41. The summed E-state index contributed by atoms with van der Waals surface area (Å²) >= 11 is -1.18. The minimum atomic E-state index is -1.18. The first-order valence-corrected chi connectivity index (χ1v) is 7.97. The summed E-state index contributed by atoms with van der Waals surface area (Å²) < 4.78 is 23.4. The van der Waals surface area contributed by atoms with Crippen molar-refractivity contribution in [2.45, 2.75) is 43.8 Å². The van der Waals surface area contributed by atoms with Crippen molar-refractivity contribution in [3.63, 3.8) is 0 Å². The second-order valence-electron chi connectivity index (χ2n) is 5.91. The van der Waals surface area contributed by atoms with Gasteiger partial charge < -0.3 is 13.9 Å². The lowest BCUT2D eigenvalue weighted by Crippen LogP contribution is -2.41. The zero-order chi connectivity index (χ0) is 15.1. The molecule has 1 aromatic carbocycles. The molecular formula is C14H18BNO3S. The summed E-state index contributed by atoms with van der Waals surface area (Å²) in [5, 5.41) is 9.17. The molecule has 1 aromatic rings. The zero-order valence-corrected chi connectivity index (χ0v) is 13.2. The zero-order valence-electron chi connectivity index (χ0n) is 12.4. The number of nitriles is 1. The van der Waals surface area contributed by atoms with E-state index < -0.39 is 29.5 Å². The standard InChI is InChI=1S/C14H18BNO3S/c1-13(2)14(3,4)19-15(18-13)11-6-7-12(20(5)17)10(8-11)9-16/h6-8H,1-5H3. The maximum atomic E-state index is 11.6. The topological polar surface area (TPSA) is 65.3 Å². The quantitative estimate of drug-likeness (QED) is 0.613. The van der Waals surface area contributed by atoms with Gasteiger partial charge in [-0.3, -0.25) is 0 Å². The van der Waals surface area contributed by atoms with Gasteiger partial charge in [0.1, 0.15) is 17.9 Å². The Balaban J connectivity index is 2.35. The maximum Gasteiger partial charge on any atom is 0.494 e. The van der Waals surface area contributed by atoms with Crippen LogP contribution in [0, 0.1) is 11.3 Å². The first kappa shape index (κ1) is 15.4. The average Bonchev–Trinajstić information content (AvgIpc) is 2.57. The van der Waals surface area contributed by atoms with E-state index in [2.05, 4.69) is 6.07 Å². The van der Waals surface area contributed by atoms with E-state index in [0.717, 1.165) is 5.46 Å². The van der Waals surface area contributed by atoms with Crippen molar-refractivity contribution in [1.29, 1.82) is 5.26 Å². The second-order valence-corrected chi connectivity index (χ2v) is 7.26. The number of rotatable bonds is 2. The van der Waals surface area contributed by atoms with Crippen LogP contribution in [0.4, 0.5) is 0 Å². The van der Waals surface area contributed by atoms with Gasteiger partial charge in [0, 0.05) is 0 Å². The predicted molar refractivity (Wildman–Crippen MR) is 79.2 cm³/mol. The number of hydrogen-bond acceptors (Lipinski definition) is 4. The highest BCUT2D eigenvalue weighted by Crippen LogP contribution is 2.36. The van der Waals surface area contributed by atoms with Crippen molar-refractivity contribution in [2.24, 2.45) is 0 Å². The maximum absolute atomic E-state index is 11.6. The van der Waals surface area contributed by atoms with Gasteiger partial charge in [0.2, 0.25) is 0 Å². The Morgan fingerprint density at radius 2 is 1.75 bits per heavy atom. The van der Waals surface area contributed by atoms with E-state index in [0.29, 0.717) is 10.5 Å². The van der Waals surface area contributed by atoms with Crippen molar-refractivity contribution < 1.29 is 13.9 Å². The Labute approximate surface area is 123 Å². The molecule has 0 amide bonds. The van der Waals surface area contributed by atoms with Crippen LogP contribution in [0.1, 0.15) is 33.3 Å². The highest BCUT2D eigenvalue weighted by atomic mass is 32.2. The summed E-state index contributed by atoms with van der Waals surface area (Å²) in [7, 11) is -0.508. The molecule has 1 unspecified atom stereocenters. The van der Waals surface area contributed by atoms with Gasteiger partial charge in [-0.15, -0.1) is 0 Å². The Hall–Kier alpha value is -0.995. The van der Waals surface area contributed by atoms with Crippen LogP contribution < -0.4 is 5.46 Å². The van der Waals surface area contributed by atoms with Gasteiger partial charge >= 0.3 is 7.12 Å². The van der Waals surface area contributed by atoms with E-state index >= 15 is 0 Å². The van der Waals surface area contributed by atoms with Gasteiger partial charge in [0.05, 0.1) is 11.2 Å². The van der Waals surface area contributed by atoms with Gasteiger partial charge in [0.25, 0.3) is 0 Å². The van der Waals surface area contributed by atoms with Crippen LogP contribution in [0.15, 0.2) is 23.1 Å². The summed E-state index contributed by atoms with van der Waals surface area (Å²) in [4.78, 5) is 0.535. The van der Waals surface area contributed by atoms with Crippen LogP contribution in [-0.2, 0) is 20.5 Å². The highest BCUT2D eigenvalue weighted by Gasteiger charge is 2.51. The van der Waals surface area contributed by atoms with Gasteiger partial charge in [-0.2, -0.15) is 5.26 Å². The molecule has 4 nitrogen and oxygen atoms in total. The van der Waals surface area contributed by atoms with E-state index in [1.165, 1.54) is 0 Å². The summed E-state index contributed by atoms with van der Waals surface area (Å²) in [6, 6.07) is 7.28. The molecule has 0 radical (unpaired) electrons. The fourth-order valence-electron chi connectivity index (χ4n) is 2.01. The van der Waals surface area contributed by atoms with E-state index in [1.807, 2.05) is 27.7 Å². The number of benzene rings is 1. The summed E-state index contributed by atoms with van der Waals surface area (Å²) in [6.07, 6.45) is 1.56. The molecule has 20 heavy (non-hydrogen) atoms. The van der Waals surface area contributed by atoms with Gasteiger partial charge in [-0.25, -0.2) is 0 Å². The average molecular weight is 291 g/mol.